The average molecular weight is 260 g/mol. The zero-order valence-corrected chi connectivity index (χ0v) is 10.8. The summed E-state index contributed by atoms with van der Waals surface area (Å²) in [5.74, 6) is 0. The Morgan fingerprint density at radius 1 is 1.19 bits per heavy atom. The summed E-state index contributed by atoms with van der Waals surface area (Å²) in [5, 5.41) is 0.971. The fourth-order valence-corrected chi connectivity index (χ4v) is 2.21. The minimum Gasteiger partial charge on any atom is -0.304 e. The predicted molar refractivity (Wildman–Crippen MR) is 67.0 cm³/mol. The van der Waals surface area contributed by atoms with Crippen molar-refractivity contribution in [3.05, 3.63) is 28.0 Å². The van der Waals surface area contributed by atoms with Crippen LogP contribution >= 0.6 is 23.2 Å². The molecule has 0 radical (unpaired) electrons. The van der Waals surface area contributed by atoms with Gasteiger partial charge in [0.15, 0.2) is 0 Å². The number of rotatable bonds is 2. The lowest BCUT2D eigenvalue weighted by Crippen LogP contribution is -2.43. The lowest BCUT2D eigenvalue weighted by Gasteiger charge is -2.32. The van der Waals surface area contributed by atoms with Crippen LogP contribution in [0.4, 0.5) is 0 Å². The molecule has 0 aromatic carbocycles. The lowest BCUT2D eigenvalue weighted by atomic mass is 10.2. The van der Waals surface area contributed by atoms with E-state index in [1.807, 2.05) is 6.07 Å². The van der Waals surface area contributed by atoms with Crippen molar-refractivity contribution in [2.45, 2.75) is 6.54 Å². The molecule has 0 saturated carbocycles. The SMILES string of the molecule is CN1CCN(Cc2ccc(Cl)nc2Cl)CC1. The molecule has 0 atom stereocenters. The zero-order chi connectivity index (χ0) is 11.5. The maximum Gasteiger partial charge on any atom is 0.135 e. The largest absolute Gasteiger partial charge is 0.304 e. The van der Waals surface area contributed by atoms with Crippen LogP contribution in [-0.4, -0.2) is 48.0 Å². The third-order valence-corrected chi connectivity index (χ3v) is 3.42. The fraction of sp³-hybridized carbons (Fsp3) is 0.545. The van der Waals surface area contributed by atoms with Crippen molar-refractivity contribution < 1.29 is 0 Å². The third kappa shape index (κ3) is 3.08. The smallest absolute Gasteiger partial charge is 0.135 e. The van der Waals surface area contributed by atoms with Gasteiger partial charge in [0.2, 0.25) is 0 Å². The molecule has 3 nitrogen and oxygen atoms in total. The Morgan fingerprint density at radius 2 is 1.88 bits per heavy atom. The van der Waals surface area contributed by atoms with Gasteiger partial charge in [-0.1, -0.05) is 29.3 Å². The highest BCUT2D eigenvalue weighted by Crippen LogP contribution is 2.18. The number of halogens is 2. The minimum absolute atomic E-state index is 0.451. The first-order valence-electron chi connectivity index (χ1n) is 5.37. The number of hydrogen-bond donors (Lipinski definition) is 0. The quantitative estimate of drug-likeness (QED) is 0.759. The van der Waals surface area contributed by atoms with E-state index >= 15 is 0 Å². The first-order chi connectivity index (χ1) is 7.65. The van der Waals surface area contributed by atoms with Gasteiger partial charge in [-0.3, -0.25) is 4.90 Å². The summed E-state index contributed by atoms with van der Waals surface area (Å²) in [4.78, 5) is 8.77. The van der Waals surface area contributed by atoms with Gasteiger partial charge < -0.3 is 4.90 Å². The second-order valence-electron chi connectivity index (χ2n) is 4.16. The van der Waals surface area contributed by atoms with Gasteiger partial charge in [0, 0.05) is 38.3 Å². The topological polar surface area (TPSA) is 19.4 Å². The first-order valence-corrected chi connectivity index (χ1v) is 6.12. The summed E-state index contributed by atoms with van der Waals surface area (Å²) in [7, 11) is 2.15. The van der Waals surface area contributed by atoms with Gasteiger partial charge in [0.05, 0.1) is 0 Å². The van der Waals surface area contributed by atoms with Crippen LogP contribution in [0.1, 0.15) is 5.56 Å². The van der Waals surface area contributed by atoms with Crippen molar-refractivity contribution in [2.75, 3.05) is 33.2 Å². The van der Waals surface area contributed by atoms with Crippen LogP contribution in [0.2, 0.25) is 10.3 Å². The summed E-state index contributed by atoms with van der Waals surface area (Å²) in [6, 6.07) is 3.74. The number of pyridine rings is 1. The molecule has 16 heavy (non-hydrogen) atoms. The van der Waals surface area contributed by atoms with Crippen molar-refractivity contribution >= 4 is 23.2 Å². The second kappa shape index (κ2) is 5.32. The van der Waals surface area contributed by atoms with Crippen LogP contribution < -0.4 is 0 Å². The molecule has 1 aliphatic rings. The summed E-state index contributed by atoms with van der Waals surface area (Å²) in [5.41, 5.74) is 1.05. The number of piperazine rings is 1. The maximum atomic E-state index is 6.04. The van der Waals surface area contributed by atoms with Crippen molar-refractivity contribution in [1.82, 2.24) is 14.8 Å². The van der Waals surface area contributed by atoms with Crippen molar-refractivity contribution in [3.63, 3.8) is 0 Å². The average Bonchev–Trinajstić information content (AvgIpc) is 2.25. The Bertz CT molecular complexity index is 362. The highest BCUT2D eigenvalue weighted by atomic mass is 35.5. The van der Waals surface area contributed by atoms with Crippen LogP contribution in [-0.2, 0) is 6.54 Å². The standard InChI is InChI=1S/C11H15Cl2N3/c1-15-4-6-16(7-5-15)8-9-2-3-10(12)14-11(9)13/h2-3H,4-8H2,1H3. The summed E-state index contributed by atoms with van der Waals surface area (Å²) in [6.07, 6.45) is 0. The van der Waals surface area contributed by atoms with Gasteiger partial charge in [0.25, 0.3) is 0 Å². The molecule has 88 valence electrons. The molecular weight excluding hydrogens is 245 g/mol. The summed E-state index contributed by atoms with van der Waals surface area (Å²) in [6.45, 7) is 5.24. The van der Waals surface area contributed by atoms with Crippen LogP contribution in [0.5, 0.6) is 0 Å². The Kier molecular flexibility index (Phi) is 4.03. The molecule has 0 unspecified atom stereocenters. The molecule has 0 spiro atoms. The molecule has 1 aromatic heterocycles. The molecule has 0 amide bonds. The maximum absolute atomic E-state index is 6.04. The Balaban J connectivity index is 1.98. The predicted octanol–water partition coefficient (Wildman–Crippen LogP) is 2.14. The Hall–Kier alpha value is -0.350. The van der Waals surface area contributed by atoms with Crippen molar-refractivity contribution in [1.29, 1.82) is 0 Å². The van der Waals surface area contributed by atoms with E-state index in [-0.39, 0.29) is 0 Å². The van der Waals surface area contributed by atoms with Gasteiger partial charge in [-0.15, -0.1) is 0 Å². The normalized spacial score (nSPS) is 18.9. The Labute approximate surface area is 106 Å². The number of aromatic nitrogens is 1. The van der Waals surface area contributed by atoms with E-state index in [0.717, 1.165) is 38.3 Å². The molecule has 1 saturated heterocycles. The van der Waals surface area contributed by atoms with Gasteiger partial charge >= 0.3 is 0 Å². The fourth-order valence-electron chi connectivity index (χ4n) is 1.81. The number of hydrogen-bond acceptors (Lipinski definition) is 3. The molecule has 5 heteroatoms. The van der Waals surface area contributed by atoms with Gasteiger partial charge in [0.1, 0.15) is 10.3 Å². The minimum atomic E-state index is 0.451. The molecule has 2 heterocycles. The first kappa shape index (κ1) is 12.1. The third-order valence-electron chi connectivity index (χ3n) is 2.88. The Morgan fingerprint density at radius 3 is 2.50 bits per heavy atom. The van der Waals surface area contributed by atoms with E-state index in [1.54, 1.807) is 6.07 Å². The molecular formula is C11H15Cl2N3. The molecule has 1 aromatic rings. The zero-order valence-electron chi connectivity index (χ0n) is 9.29. The summed E-state index contributed by atoms with van der Waals surface area (Å²) >= 11 is 11.8. The van der Waals surface area contributed by atoms with E-state index in [4.69, 9.17) is 23.2 Å². The van der Waals surface area contributed by atoms with Gasteiger partial charge in [-0.05, 0) is 13.1 Å². The van der Waals surface area contributed by atoms with Crippen LogP contribution in [0.15, 0.2) is 12.1 Å². The molecule has 1 aliphatic heterocycles. The van der Waals surface area contributed by atoms with Crippen LogP contribution in [0.25, 0.3) is 0 Å². The van der Waals surface area contributed by atoms with Crippen molar-refractivity contribution in [2.24, 2.45) is 0 Å². The van der Waals surface area contributed by atoms with E-state index in [0.29, 0.717) is 10.3 Å². The number of likely N-dealkylation sites (N-methyl/N-ethyl adjacent to an activating group) is 1. The van der Waals surface area contributed by atoms with E-state index in [2.05, 4.69) is 21.8 Å². The lowest BCUT2D eigenvalue weighted by molar-refractivity contribution is 0.148. The van der Waals surface area contributed by atoms with Gasteiger partial charge in [-0.2, -0.15) is 0 Å². The molecule has 2 rings (SSSR count). The molecule has 0 aliphatic carbocycles. The van der Waals surface area contributed by atoms with E-state index < -0.39 is 0 Å². The summed E-state index contributed by atoms with van der Waals surface area (Å²) < 4.78 is 0. The highest BCUT2D eigenvalue weighted by Gasteiger charge is 2.15. The van der Waals surface area contributed by atoms with Crippen molar-refractivity contribution in [3.8, 4) is 0 Å². The molecule has 0 bridgehead atoms. The molecule has 0 N–H and O–H groups in total. The van der Waals surface area contributed by atoms with Crippen LogP contribution in [0.3, 0.4) is 0 Å². The van der Waals surface area contributed by atoms with E-state index in [1.165, 1.54) is 0 Å². The van der Waals surface area contributed by atoms with Gasteiger partial charge in [-0.25, -0.2) is 4.98 Å². The molecule has 1 fully saturated rings. The van der Waals surface area contributed by atoms with E-state index in [9.17, 15) is 0 Å². The monoisotopic (exact) mass is 259 g/mol. The second-order valence-corrected chi connectivity index (χ2v) is 4.91. The van der Waals surface area contributed by atoms with Crippen LogP contribution in [0, 0.1) is 0 Å². The number of nitrogens with zero attached hydrogens (tertiary/aromatic N) is 3. The highest BCUT2D eigenvalue weighted by molar-refractivity contribution is 6.32.